The summed E-state index contributed by atoms with van der Waals surface area (Å²) in [5.41, 5.74) is 1.80. The average Bonchev–Trinajstić information content (AvgIpc) is 3.11. The molecule has 0 saturated carbocycles. The first-order valence-electron chi connectivity index (χ1n) is 7.76. The molecule has 2 N–H and O–H groups in total. The Labute approximate surface area is 160 Å². The van der Waals surface area contributed by atoms with Gasteiger partial charge in [0.15, 0.2) is 0 Å². The molecule has 0 aliphatic carbocycles. The molecule has 8 nitrogen and oxygen atoms in total. The van der Waals surface area contributed by atoms with Gasteiger partial charge in [-0.15, -0.1) is 10.2 Å². The normalized spacial score (nSPS) is 11.0. The number of sulfonamides is 1. The first-order chi connectivity index (χ1) is 12.9. The minimum Gasteiger partial charge on any atom is -0.497 e. The fourth-order valence-corrected chi connectivity index (χ4v) is 4.07. The van der Waals surface area contributed by atoms with Crippen LogP contribution in [0.3, 0.4) is 0 Å². The molecule has 0 spiro atoms. The van der Waals surface area contributed by atoms with E-state index >= 15 is 0 Å². The van der Waals surface area contributed by atoms with Crippen molar-refractivity contribution < 1.29 is 17.9 Å². The van der Waals surface area contributed by atoms with Crippen LogP contribution in [0.4, 0.5) is 10.8 Å². The zero-order chi connectivity index (χ0) is 19.4. The van der Waals surface area contributed by atoms with E-state index in [1.165, 1.54) is 7.11 Å². The topological polar surface area (TPSA) is 110 Å². The molecule has 140 valence electrons. The van der Waals surface area contributed by atoms with E-state index in [-0.39, 0.29) is 9.47 Å². The van der Waals surface area contributed by atoms with E-state index in [0.29, 0.717) is 17.0 Å². The number of carbonyl (C=O) groups excluding carboxylic acids is 1. The zero-order valence-corrected chi connectivity index (χ0v) is 16.1. The molecule has 27 heavy (non-hydrogen) atoms. The molecular formula is C17H16N4O4S2. The van der Waals surface area contributed by atoms with Gasteiger partial charge in [-0.05, 0) is 31.2 Å². The Hall–Kier alpha value is -2.98. The quantitative estimate of drug-likeness (QED) is 0.611. The zero-order valence-electron chi connectivity index (χ0n) is 14.5. The van der Waals surface area contributed by atoms with Crippen molar-refractivity contribution in [3.8, 4) is 5.75 Å². The van der Waals surface area contributed by atoms with Crippen molar-refractivity contribution in [1.29, 1.82) is 0 Å². The van der Waals surface area contributed by atoms with Crippen molar-refractivity contribution >= 4 is 38.1 Å². The maximum atomic E-state index is 12.5. The monoisotopic (exact) mass is 404 g/mol. The molecular weight excluding hydrogens is 388 g/mol. The number of hydrogen-bond acceptors (Lipinski definition) is 7. The van der Waals surface area contributed by atoms with Gasteiger partial charge in [0.05, 0.1) is 12.8 Å². The fourth-order valence-electron chi connectivity index (χ4n) is 2.13. The highest BCUT2D eigenvalue weighted by Gasteiger charge is 2.21. The summed E-state index contributed by atoms with van der Waals surface area (Å²) in [5.74, 6) is 0.120. The molecule has 1 heterocycles. The van der Waals surface area contributed by atoms with Gasteiger partial charge in [-0.2, -0.15) is 8.42 Å². The number of aromatic nitrogens is 2. The van der Waals surface area contributed by atoms with Crippen molar-refractivity contribution in [2.75, 3.05) is 17.1 Å². The van der Waals surface area contributed by atoms with E-state index < -0.39 is 15.9 Å². The standard InChI is InChI=1S/C17H16N4O4S2/c1-11-6-8-12(9-7-11)15(22)18-16-19-20-17(26-16)27(23,24)21-13-4-3-5-14(10-13)25-2/h3-10,21H,1-2H3,(H,18,19,22). The van der Waals surface area contributed by atoms with Crippen LogP contribution in [0, 0.1) is 6.92 Å². The molecule has 0 unspecified atom stereocenters. The Balaban J connectivity index is 1.73. The summed E-state index contributed by atoms with van der Waals surface area (Å²) in [4.78, 5) is 12.2. The molecule has 0 bridgehead atoms. The number of nitrogens with one attached hydrogen (secondary N) is 2. The predicted molar refractivity (Wildman–Crippen MR) is 103 cm³/mol. The Morgan fingerprint density at radius 1 is 1.11 bits per heavy atom. The van der Waals surface area contributed by atoms with E-state index in [4.69, 9.17) is 4.74 Å². The third-order valence-corrected chi connectivity index (χ3v) is 6.08. The van der Waals surface area contributed by atoms with Crippen molar-refractivity contribution in [3.63, 3.8) is 0 Å². The third kappa shape index (κ3) is 4.60. The highest BCUT2D eigenvalue weighted by atomic mass is 32.2. The van der Waals surface area contributed by atoms with Crippen molar-refractivity contribution in [2.45, 2.75) is 11.3 Å². The van der Waals surface area contributed by atoms with Crippen LogP contribution in [-0.4, -0.2) is 31.6 Å². The van der Waals surface area contributed by atoms with Crippen LogP contribution in [0.25, 0.3) is 0 Å². The lowest BCUT2D eigenvalue weighted by Gasteiger charge is -2.06. The number of benzene rings is 2. The summed E-state index contributed by atoms with van der Waals surface area (Å²) < 4.78 is 32.1. The molecule has 3 rings (SSSR count). The molecule has 1 aromatic heterocycles. The maximum absolute atomic E-state index is 12.5. The van der Waals surface area contributed by atoms with E-state index in [2.05, 4.69) is 20.2 Å². The molecule has 0 radical (unpaired) electrons. The van der Waals surface area contributed by atoms with Gasteiger partial charge < -0.3 is 4.74 Å². The SMILES string of the molecule is COc1cccc(NS(=O)(=O)c2nnc(NC(=O)c3ccc(C)cc3)s2)c1. The van der Waals surface area contributed by atoms with Gasteiger partial charge in [0.25, 0.3) is 20.3 Å². The molecule has 10 heteroatoms. The Morgan fingerprint density at radius 3 is 2.56 bits per heavy atom. The van der Waals surface area contributed by atoms with Crippen LogP contribution < -0.4 is 14.8 Å². The molecule has 0 fully saturated rings. The van der Waals surface area contributed by atoms with E-state index in [1.807, 2.05) is 19.1 Å². The van der Waals surface area contributed by atoms with Crippen LogP contribution >= 0.6 is 11.3 Å². The second kappa shape index (κ2) is 7.72. The van der Waals surface area contributed by atoms with Crippen LogP contribution in [0.5, 0.6) is 5.75 Å². The number of rotatable bonds is 6. The molecule has 0 aliphatic rings. The second-order valence-corrected chi connectivity index (χ2v) is 8.36. The Bertz CT molecular complexity index is 1060. The number of anilines is 2. The summed E-state index contributed by atoms with van der Waals surface area (Å²) in [6.07, 6.45) is 0. The number of methoxy groups -OCH3 is 1. The first kappa shape index (κ1) is 18.8. The summed E-state index contributed by atoms with van der Waals surface area (Å²) in [6, 6.07) is 13.4. The van der Waals surface area contributed by atoms with Crippen LogP contribution in [-0.2, 0) is 10.0 Å². The van der Waals surface area contributed by atoms with Gasteiger partial charge >= 0.3 is 0 Å². The lowest BCUT2D eigenvalue weighted by Crippen LogP contribution is -2.12. The molecule has 0 aliphatic heterocycles. The molecule has 1 amide bonds. The summed E-state index contributed by atoms with van der Waals surface area (Å²) in [5, 5.41) is 10.0. The minimum absolute atomic E-state index is 0.0894. The summed E-state index contributed by atoms with van der Waals surface area (Å²) >= 11 is 0.759. The lowest BCUT2D eigenvalue weighted by molar-refractivity contribution is 0.102. The molecule has 0 atom stereocenters. The molecule has 0 saturated heterocycles. The first-order valence-corrected chi connectivity index (χ1v) is 10.1. The number of amides is 1. The van der Waals surface area contributed by atoms with E-state index in [9.17, 15) is 13.2 Å². The lowest BCUT2D eigenvalue weighted by atomic mass is 10.1. The average molecular weight is 404 g/mol. The fraction of sp³-hybridized carbons (Fsp3) is 0.118. The Morgan fingerprint density at radius 2 is 1.85 bits per heavy atom. The van der Waals surface area contributed by atoms with Crippen molar-refractivity contribution in [3.05, 3.63) is 59.7 Å². The van der Waals surface area contributed by atoms with Gasteiger partial charge in [-0.3, -0.25) is 14.8 Å². The maximum Gasteiger partial charge on any atom is 0.291 e. The minimum atomic E-state index is -3.94. The predicted octanol–water partition coefficient (Wildman–Crippen LogP) is 2.91. The highest BCUT2D eigenvalue weighted by Crippen LogP contribution is 2.24. The van der Waals surface area contributed by atoms with Crippen molar-refractivity contribution in [2.24, 2.45) is 0 Å². The summed E-state index contributed by atoms with van der Waals surface area (Å²) in [6.45, 7) is 1.92. The smallest absolute Gasteiger partial charge is 0.291 e. The number of ether oxygens (including phenoxy) is 1. The van der Waals surface area contributed by atoms with Gasteiger partial charge in [-0.1, -0.05) is 35.1 Å². The van der Waals surface area contributed by atoms with Gasteiger partial charge in [-0.25, -0.2) is 0 Å². The highest BCUT2D eigenvalue weighted by molar-refractivity contribution is 7.94. The number of aryl methyl sites for hydroxylation is 1. The molecule has 2 aromatic carbocycles. The van der Waals surface area contributed by atoms with Crippen LogP contribution in [0.1, 0.15) is 15.9 Å². The second-order valence-electron chi connectivity index (χ2n) is 5.53. The van der Waals surface area contributed by atoms with Gasteiger partial charge in [0.1, 0.15) is 5.75 Å². The van der Waals surface area contributed by atoms with Crippen molar-refractivity contribution in [1.82, 2.24) is 10.2 Å². The van der Waals surface area contributed by atoms with E-state index in [0.717, 1.165) is 16.9 Å². The Kier molecular flexibility index (Phi) is 5.38. The summed E-state index contributed by atoms with van der Waals surface area (Å²) in [7, 11) is -2.45. The number of nitrogens with zero attached hydrogens (tertiary/aromatic N) is 2. The third-order valence-electron chi connectivity index (χ3n) is 3.49. The van der Waals surface area contributed by atoms with Crippen LogP contribution in [0.2, 0.25) is 0 Å². The molecule has 3 aromatic rings. The van der Waals surface area contributed by atoms with Gasteiger partial charge in [0.2, 0.25) is 5.13 Å². The van der Waals surface area contributed by atoms with Crippen LogP contribution in [0.15, 0.2) is 52.9 Å². The number of carbonyl (C=O) groups is 1. The van der Waals surface area contributed by atoms with E-state index in [1.54, 1.807) is 36.4 Å². The largest absolute Gasteiger partial charge is 0.497 e. The number of hydrogen-bond donors (Lipinski definition) is 2. The van der Waals surface area contributed by atoms with Gasteiger partial charge in [0, 0.05) is 11.6 Å².